The number of ether oxygens (including phenoxy) is 2. The van der Waals surface area contributed by atoms with Crippen molar-refractivity contribution in [2.75, 3.05) is 20.3 Å². The fourth-order valence-electron chi connectivity index (χ4n) is 4.58. The van der Waals surface area contributed by atoms with Gasteiger partial charge in [0.05, 0.1) is 13.7 Å². The molecule has 1 heterocycles. The molecule has 6 heteroatoms. The smallest absolute Gasteiger partial charge is 0.407 e. The van der Waals surface area contributed by atoms with Crippen molar-refractivity contribution in [3.05, 3.63) is 114 Å². The van der Waals surface area contributed by atoms with Gasteiger partial charge in [-0.3, -0.25) is 4.68 Å². The van der Waals surface area contributed by atoms with E-state index in [-0.39, 0.29) is 5.92 Å². The van der Waals surface area contributed by atoms with Gasteiger partial charge in [0.1, 0.15) is 12.4 Å². The number of aromatic nitrogens is 2. The van der Waals surface area contributed by atoms with Crippen molar-refractivity contribution in [3.63, 3.8) is 0 Å². The molecule has 176 valence electrons. The molecule has 1 amide bonds. The Morgan fingerprint density at radius 2 is 1.77 bits per heavy atom. The topological polar surface area (TPSA) is 65.4 Å². The summed E-state index contributed by atoms with van der Waals surface area (Å²) >= 11 is 0. The highest BCUT2D eigenvalue weighted by molar-refractivity contribution is 5.79. The normalized spacial score (nSPS) is 12.4. The predicted molar refractivity (Wildman–Crippen MR) is 136 cm³/mol. The first-order chi connectivity index (χ1) is 17.2. The molecule has 0 saturated carbocycles. The molecule has 4 aromatic rings. The first kappa shape index (κ1) is 22.5. The highest BCUT2D eigenvalue weighted by atomic mass is 16.5. The molecule has 0 unspecified atom stereocenters. The number of carbonyl (C=O) groups excluding carboxylic acids is 1. The first-order valence-corrected chi connectivity index (χ1v) is 11.6. The summed E-state index contributed by atoms with van der Waals surface area (Å²) in [6.45, 7) is 1.30. The van der Waals surface area contributed by atoms with Gasteiger partial charge in [0.2, 0.25) is 0 Å². The van der Waals surface area contributed by atoms with Crippen LogP contribution in [-0.4, -0.2) is 36.1 Å². The Kier molecular flexibility index (Phi) is 6.61. The average molecular weight is 466 g/mol. The number of nitrogens with one attached hydrogen (secondary N) is 1. The summed E-state index contributed by atoms with van der Waals surface area (Å²) in [4.78, 5) is 12.4. The maximum atomic E-state index is 12.4. The molecule has 3 aromatic carbocycles. The van der Waals surface area contributed by atoms with Crippen LogP contribution >= 0.6 is 0 Å². The minimum absolute atomic E-state index is 0.0520. The number of carbonyl (C=O) groups is 1. The number of amides is 1. The standard InChI is InChI=1S/C29H27N3O3/c1-34-28-14-13-21(18-22(28)19-32-17-7-16-31-32)8-6-15-30-29(33)35-20-27-25-11-4-2-9-23(25)24-10-3-5-12-26(24)27/h2-14,16-18,27H,15,19-20H2,1H3,(H,30,33). The van der Waals surface area contributed by atoms with E-state index in [1.54, 1.807) is 13.3 Å². The van der Waals surface area contributed by atoms with Crippen LogP contribution < -0.4 is 10.1 Å². The second kappa shape index (κ2) is 10.3. The van der Waals surface area contributed by atoms with Gasteiger partial charge in [0.15, 0.2) is 0 Å². The van der Waals surface area contributed by atoms with E-state index in [0.717, 1.165) is 16.9 Å². The molecule has 1 aromatic heterocycles. The summed E-state index contributed by atoms with van der Waals surface area (Å²) in [6, 6.07) is 24.5. The van der Waals surface area contributed by atoms with Gasteiger partial charge >= 0.3 is 6.09 Å². The van der Waals surface area contributed by atoms with Gasteiger partial charge < -0.3 is 14.8 Å². The van der Waals surface area contributed by atoms with Crippen LogP contribution in [0.2, 0.25) is 0 Å². The quantitative estimate of drug-likeness (QED) is 0.374. The van der Waals surface area contributed by atoms with Crippen LogP contribution in [0.4, 0.5) is 4.79 Å². The minimum atomic E-state index is -0.425. The lowest BCUT2D eigenvalue weighted by Crippen LogP contribution is -2.26. The van der Waals surface area contributed by atoms with Gasteiger partial charge in [-0.1, -0.05) is 66.7 Å². The molecule has 6 nitrogen and oxygen atoms in total. The number of alkyl carbamates (subject to hydrolysis) is 1. The van der Waals surface area contributed by atoms with Gasteiger partial charge in [0.25, 0.3) is 0 Å². The summed E-state index contributed by atoms with van der Waals surface area (Å²) < 4.78 is 12.9. The summed E-state index contributed by atoms with van der Waals surface area (Å²) in [5.41, 5.74) is 6.88. The fraction of sp³-hybridized carbons (Fsp3) is 0.172. The van der Waals surface area contributed by atoms with Gasteiger partial charge in [-0.15, -0.1) is 0 Å². The molecule has 0 aliphatic heterocycles. The molecule has 1 aliphatic carbocycles. The van der Waals surface area contributed by atoms with Gasteiger partial charge in [-0.05, 0) is 46.0 Å². The average Bonchev–Trinajstić information content (AvgIpc) is 3.51. The Balaban J connectivity index is 1.16. The third-order valence-corrected chi connectivity index (χ3v) is 6.21. The van der Waals surface area contributed by atoms with E-state index in [2.05, 4.69) is 40.7 Å². The molecule has 0 saturated heterocycles. The van der Waals surface area contributed by atoms with Gasteiger partial charge in [-0.2, -0.15) is 5.10 Å². The lowest BCUT2D eigenvalue weighted by molar-refractivity contribution is 0.144. The van der Waals surface area contributed by atoms with E-state index < -0.39 is 6.09 Å². The van der Waals surface area contributed by atoms with Crippen molar-refractivity contribution in [2.45, 2.75) is 12.5 Å². The highest BCUT2D eigenvalue weighted by Gasteiger charge is 2.28. The number of rotatable bonds is 8. The van der Waals surface area contributed by atoms with E-state index >= 15 is 0 Å². The van der Waals surface area contributed by atoms with Crippen molar-refractivity contribution in [2.24, 2.45) is 0 Å². The van der Waals surface area contributed by atoms with Gasteiger partial charge in [0, 0.05) is 30.4 Å². The van der Waals surface area contributed by atoms with Crippen LogP contribution in [0.1, 0.15) is 28.2 Å². The Labute approximate surface area is 204 Å². The number of nitrogens with zero attached hydrogens (tertiary/aromatic N) is 2. The number of fused-ring (bicyclic) bond motifs is 3. The molecule has 0 bridgehead atoms. The van der Waals surface area contributed by atoms with Crippen LogP contribution in [0.25, 0.3) is 17.2 Å². The molecule has 1 aliphatic rings. The van der Waals surface area contributed by atoms with Crippen molar-refractivity contribution < 1.29 is 14.3 Å². The lowest BCUT2D eigenvalue weighted by atomic mass is 9.98. The van der Waals surface area contributed by atoms with Crippen molar-refractivity contribution in [3.8, 4) is 16.9 Å². The summed E-state index contributed by atoms with van der Waals surface area (Å²) in [5, 5.41) is 7.08. The maximum absolute atomic E-state index is 12.4. The van der Waals surface area contributed by atoms with E-state index in [1.807, 2.05) is 65.5 Å². The summed E-state index contributed by atoms with van der Waals surface area (Å²) in [5.74, 6) is 0.866. The number of hydrogen-bond donors (Lipinski definition) is 1. The molecular formula is C29H27N3O3. The molecule has 5 rings (SSSR count). The Morgan fingerprint density at radius 3 is 2.46 bits per heavy atom. The van der Waals surface area contributed by atoms with Crippen molar-refractivity contribution in [1.29, 1.82) is 0 Å². The van der Waals surface area contributed by atoms with Crippen LogP contribution in [0.5, 0.6) is 5.75 Å². The van der Waals surface area contributed by atoms with Crippen molar-refractivity contribution in [1.82, 2.24) is 15.1 Å². The summed E-state index contributed by atoms with van der Waals surface area (Å²) in [7, 11) is 1.66. The Hall–Kier alpha value is -4.32. The van der Waals surface area contributed by atoms with Crippen LogP contribution in [0, 0.1) is 0 Å². The zero-order valence-electron chi connectivity index (χ0n) is 19.6. The molecule has 0 fully saturated rings. The largest absolute Gasteiger partial charge is 0.496 e. The zero-order valence-corrected chi connectivity index (χ0v) is 19.6. The van der Waals surface area contributed by atoms with E-state index in [4.69, 9.17) is 9.47 Å². The third-order valence-electron chi connectivity index (χ3n) is 6.21. The predicted octanol–water partition coefficient (Wildman–Crippen LogP) is 5.49. The van der Waals surface area contributed by atoms with E-state index in [0.29, 0.717) is 19.7 Å². The number of methoxy groups -OCH3 is 1. The first-order valence-electron chi connectivity index (χ1n) is 11.6. The Bertz CT molecular complexity index is 1300. The second-order valence-electron chi connectivity index (χ2n) is 8.38. The van der Waals surface area contributed by atoms with E-state index in [1.165, 1.54) is 22.3 Å². The van der Waals surface area contributed by atoms with Crippen molar-refractivity contribution >= 4 is 12.2 Å². The van der Waals surface area contributed by atoms with Crippen LogP contribution in [-0.2, 0) is 11.3 Å². The SMILES string of the molecule is COc1ccc(C=CCNC(=O)OCC2c3ccccc3-c3ccccc32)cc1Cn1cccn1. The molecule has 0 atom stereocenters. The van der Waals surface area contributed by atoms with Crippen LogP contribution in [0.3, 0.4) is 0 Å². The monoisotopic (exact) mass is 465 g/mol. The molecule has 1 N–H and O–H groups in total. The highest BCUT2D eigenvalue weighted by Crippen LogP contribution is 2.44. The third kappa shape index (κ3) is 4.96. The molecule has 0 spiro atoms. The van der Waals surface area contributed by atoms with Gasteiger partial charge in [-0.25, -0.2) is 4.79 Å². The summed E-state index contributed by atoms with van der Waals surface area (Å²) in [6.07, 6.45) is 7.12. The minimum Gasteiger partial charge on any atom is -0.496 e. The van der Waals surface area contributed by atoms with E-state index in [9.17, 15) is 4.79 Å². The zero-order chi connectivity index (χ0) is 24.0. The molecule has 35 heavy (non-hydrogen) atoms. The Morgan fingerprint density at radius 1 is 1.03 bits per heavy atom. The maximum Gasteiger partial charge on any atom is 0.407 e. The fourth-order valence-corrected chi connectivity index (χ4v) is 4.58. The second-order valence-corrected chi connectivity index (χ2v) is 8.38. The van der Waals surface area contributed by atoms with Crippen LogP contribution in [0.15, 0.2) is 91.3 Å². The molecule has 0 radical (unpaired) electrons. The number of benzene rings is 3. The number of hydrogen-bond acceptors (Lipinski definition) is 4. The lowest BCUT2D eigenvalue weighted by Gasteiger charge is -2.14. The molecular weight excluding hydrogens is 438 g/mol.